The fraction of sp³-hybridized carbons (Fsp3) is 0.0500. The van der Waals surface area contributed by atoms with Gasteiger partial charge in [0.1, 0.15) is 0 Å². The van der Waals surface area contributed by atoms with Crippen molar-refractivity contribution in [2.45, 2.75) is 6.92 Å². The van der Waals surface area contributed by atoms with Crippen molar-refractivity contribution >= 4 is 28.3 Å². The van der Waals surface area contributed by atoms with Gasteiger partial charge < -0.3 is 0 Å². The minimum absolute atomic E-state index is 0.0479. The van der Waals surface area contributed by atoms with Gasteiger partial charge in [0.05, 0.1) is 16.8 Å². The fourth-order valence-corrected chi connectivity index (χ4v) is 2.69. The number of nitroso groups, excluding NO2 is 2. The van der Waals surface area contributed by atoms with Crippen LogP contribution in [0.4, 0.5) is 0 Å². The van der Waals surface area contributed by atoms with Crippen molar-refractivity contribution in [1.29, 1.82) is 0 Å². The summed E-state index contributed by atoms with van der Waals surface area (Å²) in [4.78, 5) is 49.4. The Hall–Kier alpha value is -3.87. The first-order chi connectivity index (χ1) is 12.9. The van der Waals surface area contributed by atoms with Gasteiger partial charge in [0.25, 0.3) is 0 Å². The van der Waals surface area contributed by atoms with E-state index in [0.29, 0.717) is 22.2 Å². The molecular weight excluding hydrogens is 346 g/mol. The number of carbonyl (C=O) groups is 2. The molecule has 0 atom stereocenters. The van der Waals surface area contributed by atoms with E-state index in [0.717, 1.165) is 11.1 Å². The molecule has 0 fully saturated rings. The van der Waals surface area contributed by atoms with Crippen molar-refractivity contribution in [3.05, 3.63) is 81.6 Å². The normalized spacial score (nSPS) is 10.4. The number of fused-ring (bicyclic) bond motifs is 1. The molecule has 3 aromatic rings. The highest BCUT2D eigenvalue weighted by atomic mass is 16.3. The van der Waals surface area contributed by atoms with Crippen molar-refractivity contribution in [2.75, 3.05) is 0 Å². The van der Waals surface area contributed by atoms with E-state index in [-0.39, 0.29) is 11.1 Å². The van der Waals surface area contributed by atoms with E-state index < -0.39 is 11.8 Å². The van der Waals surface area contributed by atoms with Crippen LogP contribution in [-0.4, -0.2) is 16.8 Å². The second-order valence-electron chi connectivity index (χ2n) is 5.92. The molecular formula is C20H13N3O4. The van der Waals surface area contributed by atoms with E-state index in [2.05, 4.69) is 21.9 Å². The molecule has 7 heteroatoms. The van der Waals surface area contributed by atoms with E-state index in [1.165, 1.54) is 12.1 Å². The van der Waals surface area contributed by atoms with Crippen molar-refractivity contribution < 1.29 is 9.59 Å². The first-order valence-corrected chi connectivity index (χ1v) is 7.91. The summed E-state index contributed by atoms with van der Waals surface area (Å²) in [5, 5.41) is 5.18. The Balaban J connectivity index is 2.24. The zero-order chi connectivity index (χ0) is 19.6. The van der Waals surface area contributed by atoms with Gasteiger partial charge in [-0.15, -0.1) is 9.81 Å². The van der Waals surface area contributed by atoms with Gasteiger partial charge in [-0.05, 0) is 30.7 Å². The number of pyridine rings is 1. The number of amides is 2. The molecule has 3 rings (SSSR count). The molecule has 0 aliphatic heterocycles. The summed E-state index contributed by atoms with van der Waals surface area (Å²) in [6.45, 7) is 5.49. The van der Waals surface area contributed by atoms with Gasteiger partial charge in [0.2, 0.25) is 0 Å². The summed E-state index contributed by atoms with van der Waals surface area (Å²) in [5.74, 6) is -1.97. The van der Waals surface area contributed by atoms with E-state index >= 15 is 0 Å². The molecule has 2 aromatic carbocycles. The maximum absolute atomic E-state index is 12.1. The van der Waals surface area contributed by atoms with E-state index in [4.69, 9.17) is 0 Å². The lowest BCUT2D eigenvalue weighted by Crippen LogP contribution is -2.01. The minimum Gasteiger partial charge on any atom is -0.263 e. The third-order valence-corrected chi connectivity index (χ3v) is 4.16. The molecule has 0 radical (unpaired) electrons. The largest absolute Gasteiger partial charge is 0.317 e. The van der Waals surface area contributed by atoms with E-state index in [1.54, 1.807) is 12.1 Å². The quantitative estimate of drug-likeness (QED) is 0.506. The minimum atomic E-state index is -1.01. The lowest BCUT2D eigenvalue weighted by Gasteiger charge is -2.09. The number of benzene rings is 2. The van der Waals surface area contributed by atoms with Crippen LogP contribution in [0.1, 0.15) is 21.5 Å². The van der Waals surface area contributed by atoms with Crippen LogP contribution in [0.3, 0.4) is 0 Å². The Morgan fingerprint density at radius 1 is 0.963 bits per heavy atom. The van der Waals surface area contributed by atoms with Crippen LogP contribution >= 0.6 is 0 Å². The summed E-state index contributed by atoms with van der Waals surface area (Å²) in [7, 11) is 0. The van der Waals surface area contributed by atoms with Gasteiger partial charge >= 0.3 is 11.8 Å². The third-order valence-electron chi connectivity index (χ3n) is 4.16. The molecule has 0 N–H and O–H groups in total. The molecule has 0 aliphatic rings. The number of hydrogen-bond acceptors (Lipinski definition) is 5. The molecule has 0 saturated heterocycles. The summed E-state index contributed by atoms with van der Waals surface area (Å²) < 4.78 is 0. The van der Waals surface area contributed by atoms with Crippen LogP contribution in [0.5, 0.6) is 0 Å². The Kier molecular flexibility index (Phi) is 4.76. The van der Waals surface area contributed by atoms with E-state index in [1.807, 2.05) is 31.2 Å². The van der Waals surface area contributed by atoms with Gasteiger partial charge in [-0.1, -0.05) is 42.5 Å². The lowest BCUT2D eigenvalue weighted by molar-refractivity contribution is -0.112. The monoisotopic (exact) mass is 359 g/mol. The van der Waals surface area contributed by atoms with E-state index in [9.17, 15) is 19.4 Å². The van der Waals surface area contributed by atoms with Crippen LogP contribution in [0, 0.1) is 16.7 Å². The summed E-state index contributed by atoms with van der Waals surface area (Å²) in [6.07, 6.45) is 0. The van der Waals surface area contributed by atoms with Crippen molar-refractivity contribution in [3.8, 4) is 11.3 Å². The molecule has 0 aliphatic carbocycles. The van der Waals surface area contributed by atoms with Crippen LogP contribution in [0.2, 0.25) is 0 Å². The standard InChI is InChI=1S/C20H13N3O4/c1-11-3-5-13(6-4-11)18-10-16(20(25)23-27)15-9-14(7-8-17(15)21-18)12(2)19(24)22-26/h3-10H,2H2,1H3. The number of rotatable bonds is 4. The average Bonchev–Trinajstić information content (AvgIpc) is 2.71. The maximum atomic E-state index is 12.1. The van der Waals surface area contributed by atoms with Crippen LogP contribution in [0.15, 0.2) is 65.5 Å². The first-order valence-electron chi connectivity index (χ1n) is 7.91. The fourth-order valence-electron chi connectivity index (χ4n) is 2.69. The topological polar surface area (TPSA) is 106 Å². The lowest BCUT2D eigenvalue weighted by atomic mass is 9.99. The first kappa shape index (κ1) is 17.9. The molecule has 0 bridgehead atoms. The highest BCUT2D eigenvalue weighted by molar-refractivity contribution is 6.20. The number of carbonyl (C=O) groups excluding carboxylic acids is 2. The number of aryl methyl sites for hydroxylation is 1. The Labute approximate surface area is 153 Å². The second-order valence-corrected chi connectivity index (χ2v) is 5.92. The van der Waals surface area contributed by atoms with Gasteiger partial charge in [0, 0.05) is 26.9 Å². The molecule has 2 amide bonds. The van der Waals surface area contributed by atoms with Gasteiger partial charge in [-0.3, -0.25) is 9.59 Å². The predicted molar refractivity (Wildman–Crippen MR) is 102 cm³/mol. The SMILES string of the molecule is C=C(C(=O)N=O)c1ccc2nc(-c3ccc(C)cc3)cc(C(=O)N=O)c2c1. The van der Waals surface area contributed by atoms with Gasteiger partial charge in [-0.2, -0.15) is 0 Å². The highest BCUT2D eigenvalue weighted by Gasteiger charge is 2.17. The number of aromatic nitrogens is 1. The number of hydrogen-bond donors (Lipinski definition) is 0. The predicted octanol–water partition coefficient (Wildman–Crippen LogP) is 4.42. The molecule has 0 spiro atoms. The Morgan fingerprint density at radius 3 is 2.30 bits per heavy atom. The smallest absolute Gasteiger partial charge is 0.263 e. The van der Waals surface area contributed by atoms with Crippen LogP contribution in [0.25, 0.3) is 27.7 Å². The van der Waals surface area contributed by atoms with Gasteiger partial charge in [0.15, 0.2) is 0 Å². The van der Waals surface area contributed by atoms with Crippen molar-refractivity contribution in [1.82, 2.24) is 4.98 Å². The molecule has 1 aromatic heterocycles. The zero-order valence-corrected chi connectivity index (χ0v) is 14.3. The molecule has 132 valence electrons. The molecule has 27 heavy (non-hydrogen) atoms. The maximum Gasteiger partial charge on any atom is 0.317 e. The van der Waals surface area contributed by atoms with Crippen LogP contribution in [-0.2, 0) is 4.79 Å². The molecule has 0 saturated carbocycles. The summed E-state index contributed by atoms with van der Waals surface area (Å²) in [5.41, 5.74) is 3.02. The zero-order valence-electron chi connectivity index (χ0n) is 14.3. The number of nitrogens with zero attached hydrogens (tertiary/aromatic N) is 3. The summed E-state index contributed by atoms with van der Waals surface area (Å²) >= 11 is 0. The second kappa shape index (κ2) is 7.17. The molecule has 0 unspecified atom stereocenters. The van der Waals surface area contributed by atoms with Crippen molar-refractivity contribution in [3.63, 3.8) is 0 Å². The molecule has 7 nitrogen and oxygen atoms in total. The molecule has 1 heterocycles. The Morgan fingerprint density at radius 2 is 1.67 bits per heavy atom. The summed E-state index contributed by atoms with van der Waals surface area (Å²) in [6, 6.07) is 13.6. The van der Waals surface area contributed by atoms with Crippen molar-refractivity contribution in [2.24, 2.45) is 10.4 Å². The highest BCUT2D eigenvalue weighted by Crippen LogP contribution is 2.28. The third kappa shape index (κ3) is 3.43. The van der Waals surface area contributed by atoms with Gasteiger partial charge in [-0.25, -0.2) is 4.98 Å². The van der Waals surface area contributed by atoms with Crippen LogP contribution < -0.4 is 0 Å². The average molecular weight is 359 g/mol. The Bertz CT molecular complexity index is 1120.